The van der Waals surface area contributed by atoms with Gasteiger partial charge in [-0.2, -0.15) is 0 Å². The van der Waals surface area contributed by atoms with Crippen LogP contribution in [0.15, 0.2) is 18.2 Å². The van der Waals surface area contributed by atoms with Gasteiger partial charge in [0.2, 0.25) is 0 Å². The minimum atomic E-state index is 0.219. The summed E-state index contributed by atoms with van der Waals surface area (Å²) in [5.74, 6) is 0. The summed E-state index contributed by atoms with van der Waals surface area (Å²) in [6.07, 6.45) is 2.21. The lowest BCUT2D eigenvalue weighted by Gasteiger charge is -2.00. The van der Waals surface area contributed by atoms with Crippen LogP contribution in [0.2, 0.25) is 0 Å². The number of nitrogens with two attached hydrogens (primary N) is 1. The van der Waals surface area contributed by atoms with Crippen LogP contribution in [0.1, 0.15) is 29.3 Å². The Morgan fingerprint density at radius 1 is 1.43 bits per heavy atom. The Bertz CT molecular complexity index is 496. The fourth-order valence-electron chi connectivity index (χ4n) is 2.47. The minimum Gasteiger partial charge on any atom is -0.357 e. The van der Waals surface area contributed by atoms with Crippen LogP contribution < -0.4 is 5.73 Å². The topological polar surface area (TPSA) is 41.8 Å². The molecule has 1 aliphatic carbocycles. The van der Waals surface area contributed by atoms with Gasteiger partial charge in [-0.3, -0.25) is 0 Å². The Morgan fingerprint density at radius 2 is 2.29 bits per heavy atom. The molecule has 0 aliphatic heterocycles. The van der Waals surface area contributed by atoms with Gasteiger partial charge in [0, 0.05) is 22.6 Å². The maximum absolute atomic E-state index is 6.03. The van der Waals surface area contributed by atoms with Gasteiger partial charge in [0.25, 0.3) is 0 Å². The van der Waals surface area contributed by atoms with Crippen LogP contribution in [0.5, 0.6) is 0 Å². The first-order valence-electron chi connectivity index (χ1n) is 5.13. The van der Waals surface area contributed by atoms with Crippen molar-refractivity contribution in [1.29, 1.82) is 0 Å². The Hall–Kier alpha value is -1.28. The van der Waals surface area contributed by atoms with Crippen molar-refractivity contribution in [3.63, 3.8) is 0 Å². The van der Waals surface area contributed by atoms with E-state index in [1.165, 1.54) is 27.7 Å². The third-order valence-corrected chi connectivity index (χ3v) is 3.26. The highest BCUT2D eigenvalue weighted by Gasteiger charge is 2.23. The Morgan fingerprint density at radius 3 is 3.14 bits per heavy atom. The second-order valence-corrected chi connectivity index (χ2v) is 4.16. The molecule has 0 fully saturated rings. The van der Waals surface area contributed by atoms with Gasteiger partial charge in [0.15, 0.2) is 0 Å². The summed E-state index contributed by atoms with van der Waals surface area (Å²) < 4.78 is 0. The number of hydrogen-bond donors (Lipinski definition) is 2. The molecular weight excluding hydrogens is 172 g/mol. The molecule has 72 valence electrons. The van der Waals surface area contributed by atoms with E-state index in [2.05, 4.69) is 30.1 Å². The van der Waals surface area contributed by atoms with Crippen LogP contribution >= 0.6 is 0 Å². The average molecular weight is 186 g/mol. The molecule has 1 heterocycles. The fourth-order valence-corrected chi connectivity index (χ4v) is 2.47. The summed E-state index contributed by atoms with van der Waals surface area (Å²) in [6, 6.07) is 6.67. The number of fused-ring (bicyclic) bond motifs is 3. The van der Waals surface area contributed by atoms with Gasteiger partial charge >= 0.3 is 0 Å². The molecule has 0 bridgehead atoms. The van der Waals surface area contributed by atoms with E-state index < -0.39 is 0 Å². The summed E-state index contributed by atoms with van der Waals surface area (Å²) in [5.41, 5.74) is 11.3. The van der Waals surface area contributed by atoms with E-state index in [-0.39, 0.29) is 6.04 Å². The smallest absolute Gasteiger partial charge is 0.0489 e. The van der Waals surface area contributed by atoms with Crippen molar-refractivity contribution < 1.29 is 0 Å². The van der Waals surface area contributed by atoms with Crippen LogP contribution in [0, 0.1) is 6.92 Å². The first kappa shape index (κ1) is 8.06. The van der Waals surface area contributed by atoms with Gasteiger partial charge in [-0.05, 0) is 30.9 Å². The Labute approximate surface area is 83.1 Å². The van der Waals surface area contributed by atoms with Crippen LogP contribution in [0.25, 0.3) is 10.9 Å². The molecule has 1 unspecified atom stereocenters. The third-order valence-electron chi connectivity index (χ3n) is 3.26. The molecule has 0 saturated heterocycles. The van der Waals surface area contributed by atoms with E-state index in [0.29, 0.717) is 0 Å². The SMILES string of the molecule is Cc1cccc2c3c([nH]c12)C(N)CC3. The lowest BCUT2D eigenvalue weighted by molar-refractivity contribution is 0.698. The van der Waals surface area contributed by atoms with Gasteiger partial charge in [-0.15, -0.1) is 0 Å². The van der Waals surface area contributed by atoms with Crippen LogP contribution in [-0.4, -0.2) is 4.98 Å². The average Bonchev–Trinajstić information content (AvgIpc) is 2.69. The van der Waals surface area contributed by atoms with Crippen molar-refractivity contribution in [3.8, 4) is 0 Å². The molecule has 2 nitrogen and oxygen atoms in total. The number of aryl methyl sites for hydroxylation is 2. The van der Waals surface area contributed by atoms with Crippen molar-refractivity contribution in [2.24, 2.45) is 5.73 Å². The summed E-state index contributed by atoms with van der Waals surface area (Å²) >= 11 is 0. The first-order valence-corrected chi connectivity index (χ1v) is 5.13. The molecule has 0 saturated carbocycles. The van der Waals surface area contributed by atoms with Crippen LogP contribution in [0.3, 0.4) is 0 Å². The number of rotatable bonds is 0. The van der Waals surface area contributed by atoms with Gasteiger partial charge in [-0.1, -0.05) is 18.2 Å². The second kappa shape index (κ2) is 2.61. The van der Waals surface area contributed by atoms with E-state index >= 15 is 0 Å². The van der Waals surface area contributed by atoms with E-state index in [0.717, 1.165) is 12.8 Å². The van der Waals surface area contributed by atoms with Crippen molar-refractivity contribution in [2.75, 3.05) is 0 Å². The molecule has 3 rings (SSSR count). The van der Waals surface area contributed by atoms with Crippen molar-refractivity contribution in [1.82, 2.24) is 4.98 Å². The highest BCUT2D eigenvalue weighted by atomic mass is 14.8. The summed E-state index contributed by atoms with van der Waals surface area (Å²) in [7, 11) is 0. The number of aromatic nitrogens is 1. The standard InChI is InChI=1S/C12H14N2/c1-7-3-2-4-8-9-5-6-10(13)12(9)14-11(7)8/h2-4,10,14H,5-6,13H2,1H3. The minimum absolute atomic E-state index is 0.219. The van der Waals surface area contributed by atoms with Crippen LogP contribution in [0.4, 0.5) is 0 Å². The zero-order chi connectivity index (χ0) is 9.71. The zero-order valence-electron chi connectivity index (χ0n) is 8.30. The normalized spacial score (nSPS) is 20.3. The number of H-pyrrole nitrogens is 1. The maximum Gasteiger partial charge on any atom is 0.0489 e. The molecule has 0 spiro atoms. The first-order chi connectivity index (χ1) is 6.77. The van der Waals surface area contributed by atoms with Gasteiger partial charge in [-0.25, -0.2) is 0 Å². The molecule has 1 atom stereocenters. The molecule has 14 heavy (non-hydrogen) atoms. The number of hydrogen-bond acceptors (Lipinski definition) is 1. The highest BCUT2D eigenvalue weighted by Crippen LogP contribution is 2.35. The maximum atomic E-state index is 6.03. The molecule has 1 aromatic heterocycles. The summed E-state index contributed by atoms with van der Waals surface area (Å²) in [5, 5.41) is 1.37. The molecule has 2 heteroatoms. The number of aromatic amines is 1. The lowest BCUT2D eigenvalue weighted by Crippen LogP contribution is -2.05. The van der Waals surface area contributed by atoms with Gasteiger partial charge in [0.05, 0.1) is 0 Å². The largest absolute Gasteiger partial charge is 0.357 e. The lowest BCUT2D eigenvalue weighted by atomic mass is 10.1. The van der Waals surface area contributed by atoms with Gasteiger partial charge < -0.3 is 10.7 Å². The van der Waals surface area contributed by atoms with Crippen molar-refractivity contribution in [3.05, 3.63) is 35.0 Å². The second-order valence-electron chi connectivity index (χ2n) is 4.16. The van der Waals surface area contributed by atoms with Crippen molar-refractivity contribution >= 4 is 10.9 Å². The van der Waals surface area contributed by atoms with Crippen LogP contribution in [-0.2, 0) is 6.42 Å². The zero-order valence-corrected chi connectivity index (χ0v) is 8.30. The number of para-hydroxylation sites is 1. The summed E-state index contributed by atoms with van der Waals surface area (Å²) in [6.45, 7) is 2.14. The monoisotopic (exact) mass is 186 g/mol. The van der Waals surface area contributed by atoms with Gasteiger partial charge in [0.1, 0.15) is 0 Å². The predicted octanol–water partition coefficient (Wildman–Crippen LogP) is 2.42. The third kappa shape index (κ3) is 0.891. The Kier molecular flexibility index (Phi) is 1.50. The quantitative estimate of drug-likeness (QED) is 0.652. The fraction of sp³-hybridized carbons (Fsp3) is 0.333. The highest BCUT2D eigenvalue weighted by molar-refractivity contribution is 5.87. The van der Waals surface area contributed by atoms with E-state index in [4.69, 9.17) is 5.73 Å². The number of nitrogens with one attached hydrogen (secondary N) is 1. The molecule has 0 radical (unpaired) electrons. The van der Waals surface area contributed by atoms with E-state index in [1.807, 2.05) is 0 Å². The molecule has 0 amide bonds. The molecule has 1 aliphatic rings. The Balaban J connectivity index is 2.40. The predicted molar refractivity (Wildman–Crippen MR) is 58.3 cm³/mol. The summed E-state index contributed by atoms with van der Waals surface area (Å²) in [4.78, 5) is 3.47. The molecular formula is C12H14N2. The molecule has 3 N–H and O–H groups in total. The van der Waals surface area contributed by atoms with E-state index in [1.54, 1.807) is 0 Å². The van der Waals surface area contributed by atoms with E-state index in [9.17, 15) is 0 Å². The molecule has 1 aromatic carbocycles. The molecule has 2 aromatic rings. The van der Waals surface area contributed by atoms with Crippen molar-refractivity contribution in [2.45, 2.75) is 25.8 Å². The number of benzene rings is 1.